The van der Waals surface area contributed by atoms with Crippen molar-refractivity contribution in [1.82, 2.24) is 44.6 Å². The summed E-state index contributed by atoms with van der Waals surface area (Å²) < 4.78 is 0. The number of piperazine rings is 3. The highest BCUT2D eigenvalue weighted by Crippen LogP contribution is 2.43. The monoisotopic (exact) mass is 1300 g/mol. The van der Waals surface area contributed by atoms with E-state index in [1.165, 1.54) is 73.2 Å². The third-order valence-electron chi connectivity index (χ3n) is 20.0. The maximum Gasteiger partial charge on any atom is 0.246 e. The van der Waals surface area contributed by atoms with E-state index in [9.17, 15) is 29.7 Å². The molecule has 3 aliphatic carbocycles. The maximum absolute atomic E-state index is 11.9. The second-order valence-electron chi connectivity index (χ2n) is 25.3. The summed E-state index contributed by atoms with van der Waals surface area (Å²) in [5.74, 6) is 4.64. The van der Waals surface area contributed by atoms with Crippen LogP contribution in [0.1, 0.15) is 115 Å². The van der Waals surface area contributed by atoms with E-state index in [-0.39, 0.29) is 46.6 Å². The number of hydrogen-bond donors (Lipinski definition) is 3. The predicted molar refractivity (Wildman–Crippen MR) is 389 cm³/mol. The van der Waals surface area contributed by atoms with Gasteiger partial charge < -0.3 is 44.7 Å². The fraction of sp³-hybridized carbons (Fsp3) is 0.354. The molecule has 9 aromatic rings. The number of rotatable bonds is 10. The number of phenolic OH excluding ortho intramolecular Hbond substituents is 2. The molecular formula is C79H92N12O6. The standard InChI is InChI=1S/C26H28N4O2.2C25H26N4O2.3CH4/c1-2-25(32)29-9-11-30(12-10-29)26-22-8-7-20(15-24(22)27-17-28-26)23-14-18(16-31)13-19-5-3-4-6-21(19)23;2*1-2-24(31)28-9-11-29(12-10-28)25-21-8-7-18(14-23(21)26-16-27-25)22-15-19(30)13-17-5-3-4-6-20(17)22;;;/h2-6,13-14,17,20,31H,1,7-12,15-16H2;2*2-6,13,15-16,18,30H,1,7-12,14H2;3*1H4/t;2*18-;;;/m.10.../s1. The van der Waals surface area contributed by atoms with Crippen molar-refractivity contribution < 1.29 is 29.7 Å². The minimum Gasteiger partial charge on any atom is -0.508 e. The summed E-state index contributed by atoms with van der Waals surface area (Å²) in [6.07, 6.45) is 17.5. The van der Waals surface area contributed by atoms with Gasteiger partial charge in [0.1, 0.15) is 47.9 Å². The first-order chi connectivity index (χ1) is 45.9. The fourth-order valence-electron chi connectivity index (χ4n) is 15.1. The first-order valence-corrected chi connectivity index (χ1v) is 33.0. The smallest absolute Gasteiger partial charge is 0.246 e. The van der Waals surface area contributed by atoms with Gasteiger partial charge in [0.05, 0.1) is 6.61 Å². The number of aromatic hydroxyl groups is 2. The number of phenols is 2. The number of aliphatic hydroxyl groups excluding tert-OH is 1. The van der Waals surface area contributed by atoms with Gasteiger partial charge in [-0.15, -0.1) is 0 Å². The Morgan fingerprint density at radius 2 is 0.711 bits per heavy atom. The molecule has 6 heterocycles. The van der Waals surface area contributed by atoms with Gasteiger partial charge in [0.25, 0.3) is 0 Å². The largest absolute Gasteiger partial charge is 0.508 e. The molecule has 15 rings (SSSR count). The Bertz CT molecular complexity index is 4160. The summed E-state index contributed by atoms with van der Waals surface area (Å²) >= 11 is 0. The summed E-state index contributed by atoms with van der Waals surface area (Å²) in [5, 5.41) is 37.3. The Morgan fingerprint density at radius 1 is 0.412 bits per heavy atom. The Morgan fingerprint density at radius 3 is 1.02 bits per heavy atom. The van der Waals surface area contributed by atoms with E-state index in [0.29, 0.717) is 68.5 Å². The van der Waals surface area contributed by atoms with Gasteiger partial charge in [0.2, 0.25) is 17.7 Å². The van der Waals surface area contributed by atoms with Crippen molar-refractivity contribution in [2.75, 3.05) is 93.2 Å². The molecule has 3 aliphatic heterocycles. The van der Waals surface area contributed by atoms with E-state index < -0.39 is 0 Å². The SMILES string of the molecule is C.C.C.C=CC(=O)N1CCN(c2ncnc3c2CCC(c2cc(CO)cc4ccccc24)C3)CC1.C=CC(=O)N1CCN(c2ncnc3c2CC[C@@H](c2cc(O)cc4ccccc24)C3)CC1.C=CC(=O)N1CCN(c2ncnc3c2CC[C@H](c2cc(O)cc4ccccc24)C3)CC1. The Balaban J connectivity index is 0.000000156. The minimum absolute atomic E-state index is 0. The van der Waals surface area contributed by atoms with E-state index in [0.717, 1.165) is 148 Å². The summed E-state index contributed by atoms with van der Waals surface area (Å²) in [6.45, 7) is 19.5. The summed E-state index contributed by atoms with van der Waals surface area (Å²) in [7, 11) is 0. The molecular weight excluding hydrogens is 1210 g/mol. The van der Waals surface area contributed by atoms with E-state index in [1.807, 2.05) is 69.3 Å². The van der Waals surface area contributed by atoms with Crippen molar-refractivity contribution in [2.24, 2.45) is 0 Å². The quantitative estimate of drug-likeness (QED) is 0.109. The number of aliphatic hydroxyl groups is 1. The number of hydrogen-bond acceptors (Lipinski definition) is 15. The molecule has 0 radical (unpaired) electrons. The second kappa shape index (κ2) is 31.2. The van der Waals surface area contributed by atoms with Gasteiger partial charge in [0, 0.05) is 112 Å². The Kier molecular flexibility index (Phi) is 22.4. The molecule has 0 spiro atoms. The van der Waals surface area contributed by atoms with Crippen LogP contribution in [0.3, 0.4) is 0 Å². The van der Waals surface area contributed by atoms with Crippen molar-refractivity contribution in [3.63, 3.8) is 0 Å². The van der Waals surface area contributed by atoms with Crippen LogP contribution in [0.5, 0.6) is 11.5 Å². The third kappa shape index (κ3) is 14.8. The van der Waals surface area contributed by atoms with Crippen LogP contribution in [-0.2, 0) is 59.5 Å². The van der Waals surface area contributed by atoms with Gasteiger partial charge in [-0.3, -0.25) is 14.4 Å². The van der Waals surface area contributed by atoms with Crippen LogP contribution in [0.2, 0.25) is 0 Å². The van der Waals surface area contributed by atoms with Crippen molar-refractivity contribution in [2.45, 2.75) is 104 Å². The summed E-state index contributed by atoms with van der Waals surface area (Å²) in [6, 6.07) is 36.6. The van der Waals surface area contributed by atoms with Gasteiger partial charge in [-0.2, -0.15) is 0 Å². The summed E-state index contributed by atoms with van der Waals surface area (Å²) in [5.41, 5.74) is 11.7. The lowest BCUT2D eigenvalue weighted by Gasteiger charge is -2.37. The molecule has 3 N–H and O–H groups in total. The number of nitrogens with zero attached hydrogens (tertiary/aromatic N) is 12. The van der Waals surface area contributed by atoms with Crippen LogP contribution in [-0.4, -0.2) is 156 Å². The molecule has 3 saturated heterocycles. The molecule has 6 aromatic carbocycles. The van der Waals surface area contributed by atoms with E-state index >= 15 is 0 Å². The lowest BCUT2D eigenvalue weighted by Crippen LogP contribution is -2.49. The van der Waals surface area contributed by atoms with Gasteiger partial charge in [-0.05, 0) is 179 Å². The molecule has 0 saturated carbocycles. The lowest BCUT2D eigenvalue weighted by molar-refractivity contribution is -0.127. The zero-order valence-electron chi connectivity index (χ0n) is 53.2. The lowest BCUT2D eigenvalue weighted by atomic mass is 9.80. The number of amides is 3. The first kappa shape index (κ1) is 69.8. The van der Waals surface area contributed by atoms with Crippen LogP contribution >= 0.6 is 0 Å². The van der Waals surface area contributed by atoms with E-state index in [2.05, 4.69) is 119 Å². The molecule has 3 aromatic heterocycles. The molecule has 3 amide bonds. The number of anilines is 3. The number of carbonyl (C=O) groups is 3. The average Bonchev–Trinajstić information content (AvgIpc) is 0.787. The normalized spacial score (nSPS) is 18.0. The Hall–Kier alpha value is -10.1. The Labute approximate surface area is 570 Å². The molecule has 504 valence electrons. The molecule has 1 unspecified atom stereocenters. The van der Waals surface area contributed by atoms with Gasteiger partial charge in [-0.25, -0.2) is 29.9 Å². The molecule has 18 nitrogen and oxygen atoms in total. The van der Waals surface area contributed by atoms with Gasteiger partial charge in [-0.1, -0.05) is 121 Å². The number of benzene rings is 6. The van der Waals surface area contributed by atoms with Gasteiger partial charge in [0.15, 0.2) is 0 Å². The van der Waals surface area contributed by atoms with Crippen LogP contribution in [0.25, 0.3) is 32.3 Å². The highest BCUT2D eigenvalue weighted by Gasteiger charge is 2.33. The number of carbonyl (C=O) groups excluding carboxylic acids is 3. The van der Waals surface area contributed by atoms with Gasteiger partial charge >= 0.3 is 0 Å². The zero-order valence-corrected chi connectivity index (χ0v) is 53.2. The first-order valence-electron chi connectivity index (χ1n) is 33.0. The van der Waals surface area contributed by atoms with E-state index in [1.54, 1.807) is 19.0 Å². The van der Waals surface area contributed by atoms with Crippen LogP contribution in [0.15, 0.2) is 166 Å². The third-order valence-corrected chi connectivity index (χ3v) is 20.0. The minimum atomic E-state index is -0.00875. The predicted octanol–water partition coefficient (Wildman–Crippen LogP) is 12.0. The van der Waals surface area contributed by atoms with Crippen LogP contribution in [0.4, 0.5) is 17.5 Å². The molecule has 3 fully saturated rings. The molecule has 97 heavy (non-hydrogen) atoms. The van der Waals surface area contributed by atoms with E-state index in [4.69, 9.17) is 0 Å². The summed E-state index contributed by atoms with van der Waals surface area (Å²) in [4.78, 5) is 75.8. The second-order valence-corrected chi connectivity index (χ2v) is 25.3. The highest BCUT2D eigenvalue weighted by atomic mass is 16.3. The molecule has 6 aliphatic rings. The van der Waals surface area contributed by atoms with Crippen molar-refractivity contribution in [3.05, 3.63) is 222 Å². The number of fused-ring (bicyclic) bond motifs is 6. The topological polar surface area (TPSA) is 209 Å². The molecule has 3 atom stereocenters. The van der Waals surface area contributed by atoms with Crippen molar-refractivity contribution in [3.8, 4) is 11.5 Å². The molecule has 18 heteroatoms. The fourth-order valence-corrected chi connectivity index (χ4v) is 15.1. The van der Waals surface area contributed by atoms with Crippen molar-refractivity contribution in [1.29, 1.82) is 0 Å². The van der Waals surface area contributed by atoms with Crippen molar-refractivity contribution >= 4 is 67.5 Å². The molecule has 0 bridgehead atoms. The highest BCUT2D eigenvalue weighted by molar-refractivity contribution is 5.91. The van der Waals surface area contributed by atoms with Crippen LogP contribution < -0.4 is 14.7 Å². The number of aromatic nitrogens is 6. The maximum atomic E-state index is 11.9. The zero-order chi connectivity index (χ0) is 64.8. The van der Waals surface area contributed by atoms with Crippen LogP contribution in [0, 0.1) is 0 Å². The average molecular weight is 1310 g/mol.